The number of carboxylic acids is 2. The molecule has 1 saturated heterocycles. The number of nitrogens with one attached hydrogen (secondary N) is 1. The van der Waals surface area contributed by atoms with Crippen LogP contribution in [0.4, 0.5) is 13.2 Å². The van der Waals surface area contributed by atoms with Gasteiger partial charge in [0.05, 0.1) is 27.1 Å². The van der Waals surface area contributed by atoms with E-state index in [2.05, 4.69) is 5.32 Å². The molecule has 9 nitrogen and oxygen atoms in total. The van der Waals surface area contributed by atoms with Gasteiger partial charge in [-0.3, -0.25) is 14.4 Å². The molecular formula is C23H24Cl2F3N3O6S. The van der Waals surface area contributed by atoms with E-state index in [0.717, 1.165) is 10.1 Å². The molecule has 2 heterocycles. The van der Waals surface area contributed by atoms with Crippen molar-refractivity contribution in [3.05, 3.63) is 39.2 Å². The molecule has 0 saturated carbocycles. The van der Waals surface area contributed by atoms with Gasteiger partial charge in [-0.2, -0.15) is 13.2 Å². The second kappa shape index (κ2) is 13.8. The highest BCUT2D eigenvalue weighted by Crippen LogP contribution is 2.37. The van der Waals surface area contributed by atoms with Gasteiger partial charge in [-0.15, -0.1) is 11.3 Å². The number of piperidine rings is 1. The molecule has 1 aliphatic heterocycles. The Balaban J connectivity index is 0.000000638. The molecule has 0 aliphatic carbocycles. The van der Waals surface area contributed by atoms with Gasteiger partial charge in [0.25, 0.3) is 0 Å². The minimum Gasteiger partial charge on any atom is -0.481 e. The number of alkyl halides is 3. The van der Waals surface area contributed by atoms with Crippen molar-refractivity contribution in [1.29, 1.82) is 0 Å². The Labute approximate surface area is 229 Å². The maximum absolute atomic E-state index is 12.6. The van der Waals surface area contributed by atoms with Gasteiger partial charge < -0.3 is 26.2 Å². The highest BCUT2D eigenvalue weighted by atomic mass is 35.5. The average molecular weight is 598 g/mol. The van der Waals surface area contributed by atoms with E-state index < -0.39 is 24.0 Å². The van der Waals surface area contributed by atoms with Crippen molar-refractivity contribution in [2.24, 2.45) is 11.7 Å². The van der Waals surface area contributed by atoms with Gasteiger partial charge in [0, 0.05) is 31.8 Å². The summed E-state index contributed by atoms with van der Waals surface area (Å²) in [7, 11) is 0. The maximum Gasteiger partial charge on any atom is 0.490 e. The highest BCUT2D eigenvalue weighted by Gasteiger charge is 2.38. The van der Waals surface area contributed by atoms with Crippen molar-refractivity contribution >= 4 is 74.5 Å². The van der Waals surface area contributed by atoms with Gasteiger partial charge in [0.1, 0.15) is 0 Å². The third-order valence-corrected chi connectivity index (χ3v) is 7.47. The van der Waals surface area contributed by atoms with Crippen molar-refractivity contribution in [2.45, 2.75) is 31.5 Å². The second-order valence-corrected chi connectivity index (χ2v) is 9.88. The summed E-state index contributed by atoms with van der Waals surface area (Å²) in [6, 6.07) is 3.74. The normalized spacial score (nSPS) is 15.2. The number of nitrogens with two attached hydrogens (primary N) is 1. The van der Waals surface area contributed by atoms with E-state index in [0.29, 0.717) is 41.5 Å². The van der Waals surface area contributed by atoms with Crippen molar-refractivity contribution < 1.29 is 42.6 Å². The van der Waals surface area contributed by atoms with Crippen LogP contribution >= 0.6 is 34.5 Å². The molecule has 2 aromatic rings. The lowest BCUT2D eigenvalue weighted by Crippen LogP contribution is -2.48. The number of likely N-dealkylation sites (tertiary alicyclic amines) is 1. The van der Waals surface area contributed by atoms with Gasteiger partial charge in [-0.05, 0) is 47.4 Å². The Morgan fingerprint density at radius 2 is 1.79 bits per heavy atom. The minimum atomic E-state index is -5.08. The number of carbonyl (C=O) groups is 4. The molecule has 2 amide bonds. The van der Waals surface area contributed by atoms with E-state index in [4.69, 9.17) is 43.9 Å². The zero-order chi connectivity index (χ0) is 28.6. The molecule has 15 heteroatoms. The molecule has 1 aromatic carbocycles. The van der Waals surface area contributed by atoms with E-state index in [1.54, 1.807) is 11.0 Å². The Bertz CT molecular complexity index is 1210. The third-order valence-electron chi connectivity index (χ3n) is 5.53. The molecule has 1 unspecified atom stereocenters. The molecule has 1 fully saturated rings. The van der Waals surface area contributed by atoms with E-state index in [9.17, 15) is 27.6 Å². The van der Waals surface area contributed by atoms with E-state index in [-0.39, 0.29) is 30.8 Å². The first-order chi connectivity index (χ1) is 17.7. The van der Waals surface area contributed by atoms with Gasteiger partial charge in [0.2, 0.25) is 11.8 Å². The lowest BCUT2D eigenvalue weighted by molar-refractivity contribution is -0.192. The van der Waals surface area contributed by atoms with Crippen LogP contribution in [0, 0.1) is 5.92 Å². The lowest BCUT2D eigenvalue weighted by Gasteiger charge is -2.32. The van der Waals surface area contributed by atoms with E-state index in [1.165, 1.54) is 17.4 Å². The lowest BCUT2D eigenvalue weighted by atomic mass is 10.0. The SMILES string of the molecule is NCC(CC(=O)O)C(=O)NC1CCN(C(=O)/C=C/c2cc3ccsc3c(Cl)c2Cl)CC1.O=C(O)C(F)(F)F. The average Bonchev–Trinajstić information content (AvgIpc) is 3.32. The number of hydrogen-bond acceptors (Lipinski definition) is 6. The first-order valence-corrected chi connectivity index (χ1v) is 12.7. The summed E-state index contributed by atoms with van der Waals surface area (Å²) in [5, 5.41) is 22.7. The number of amides is 2. The number of rotatable bonds is 7. The van der Waals surface area contributed by atoms with Crippen LogP contribution in [0.3, 0.4) is 0 Å². The monoisotopic (exact) mass is 597 g/mol. The van der Waals surface area contributed by atoms with Crippen LogP contribution in [0.1, 0.15) is 24.8 Å². The van der Waals surface area contributed by atoms with Crippen LogP contribution in [-0.4, -0.2) is 70.7 Å². The van der Waals surface area contributed by atoms with Crippen LogP contribution in [-0.2, 0) is 19.2 Å². The smallest absolute Gasteiger partial charge is 0.481 e. The fourth-order valence-electron chi connectivity index (χ4n) is 3.51. The maximum atomic E-state index is 12.6. The summed E-state index contributed by atoms with van der Waals surface area (Å²) in [4.78, 5) is 46.2. The zero-order valence-corrected chi connectivity index (χ0v) is 22.0. The summed E-state index contributed by atoms with van der Waals surface area (Å²) in [5.41, 5.74) is 6.19. The number of halogens is 5. The van der Waals surface area contributed by atoms with Crippen LogP contribution < -0.4 is 11.1 Å². The number of thiophene rings is 1. The van der Waals surface area contributed by atoms with Crippen LogP contribution in [0.5, 0.6) is 0 Å². The standard InChI is InChI=1S/C21H23Cl2N3O4S.C2HF3O2/c22-18-12(9-13-5-8-31-20(13)19(18)23)1-2-16(27)26-6-3-15(4-7-26)25-21(30)14(11-24)10-17(28)29;3-2(4,5)1(6)7/h1-2,5,8-9,14-15H,3-4,6-7,10-11,24H2,(H,25,30)(H,28,29);(H,6,7)/b2-1+;. The van der Waals surface area contributed by atoms with Crippen molar-refractivity contribution in [3.8, 4) is 0 Å². The number of hydrogen-bond donors (Lipinski definition) is 4. The predicted molar refractivity (Wildman–Crippen MR) is 137 cm³/mol. The third kappa shape index (κ3) is 8.86. The fourth-order valence-corrected chi connectivity index (χ4v) is 4.95. The quantitative estimate of drug-likeness (QED) is 0.352. The molecule has 1 atom stereocenters. The molecule has 3 rings (SSSR count). The topological polar surface area (TPSA) is 150 Å². The van der Waals surface area contributed by atoms with Crippen molar-refractivity contribution in [1.82, 2.24) is 10.2 Å². The fraction of sp³-hybridized carbons (Fsp3) is 0.391. The second-order valence-electron chi connectivity index (χ2n) is 8.21. The number of nitrogens with zero attached hydrogens (tertiary/aromatic N) is 1. The molecule has 1 aliphatic rings. The number of benzene rings is 1. The van der Waals surface area contributed by atoms with Crippen molar-refractivity contribution in [2.75, 3.05) is 19.6 Å². The molecule has 5 N–H and O–H groups in total. The van der Waals surface area contributed by atoms with Crippen LogP contribution in [0.15, 0.2) is 23.6 Å². The minimum absolute atomic E-state index is 0.0238. The Kier molecular flexibility index (Phi) is 11.4. The number of aliphatic carboxylic acids is 2. The summed E-state index contributed by atoms with van der Waals surface area (Å²) in [6.07, 6.45) is -1.06. The molecule has 38 heavy (non-hydrogen) atoms. The first kappa shape index (κ1) is 31.3. The predicted octanol–water partition coefficient (Wildman–Crippen LogP) is 4.01. The van der Waals surface area contributed by atoms with E-state index in [1.807, 2.05) is 17.5 Å². The Hall–Kier alpha value is -2.87. The molecule has 1 aromatic heterocycles. The van der Waals surface area contributed by atoms with E-state index >= 15 is 0 Å². The zero-order valence-electron chi connectivity index (χ0n) is 19.6. The van der Waals surface area contributed by atoms with Crippen molar-refractivity contribution in [3.63, 3.8) is 0 Å². The molecular weight excluding hydrogens is 574 g/mol. The Morgan fingerprint density at radius 1 is 1.18 bits per heavy atom. The number of carboxylic acid groups (broad SMARTS) is 2. The largest absolute Gasteiger partial charge is 0.490 e. The number of fused-ring (bicyclic) bond motifs is 1. The first-order valence-electron chi connectivity index (χ1n) is 11.1. The molecule has 0 spiro atoms. The summed E-state index contributed by atoms with van der Waals surface area (Å²) >= 11 is 14.2. The number of carbonyl (C=O) groups excluding carboxylic acids is 2. The summed E-state index contributed by atoms with van der Waals surface area (Å²) < 4.78 is 32.7. The van der Waals surface area contributed by atoms with Crippen LogP contribution in [0.25, 0.3) is 16.2 Å². The molecule has 208 valence electrons. The Morgan fingerprint density at radius 3 is 2.32 bits per heavy atom. The van der Waals surface area contributed by atoms with Gasteiger partial charge in [-0.25, -0.2) is 4.79 Å². The van der Waals surface area contributed by atoms with Gasteiger partial charge in [-0.1, -0.05) is 23.2 Å². The highest BCUT2D eigenvalue weighted by molar-refractivity contribution is 7.18. The summed E-state index contributed by atoms with van der Waals surface area (Å²) in [6.45, 7) is 0.945. The van der Waals surface area contributed by atoms with Crippen LogP contribution in [0.2, 0.25) is 10.0 Å². The van der Waals surface area contributed by atoms with Gasteiger partial charge >= 0.3 is 18.1 Å². The summed E-state index contributed by atoms with van der Waals surface area (Å²) in [5.74, 6) is -5.07. The molecule has 0 radical (unpaired) electrons. The van der Waals surface area contributed by atoms with Gasteiger partial charge in [0.15, 0.2) is 0 Å². The molecule has 0 bridgehead atoms.